The molecule has 1 unspecified atom stereocenters. The van der Waals surface area contributed by atoms with Gasteiger partial charge in [0.15, 0.2) is 0 Å². The number of nitrogens with zero attached hydrogens (tertiary/aromatic N) is 1. The van der Waals surface area contributed by atoms with Crippen molar-refractivity contribution < 1.29 is 23.5 Å². The molecule has 1 saturated heterocycles. The first-order valence-corrected chi connectivity index (χ1v) is 6.49. The number of carboxylic acids is 1. The Morgan fingerprint density at radius 3 is 2.60 bits per heavy atom. The summed E-state index contributed by atoms with van der Waals surface area (Å²) < 4.78 is 26.5. The minimum Gasteiger partial charge on any atom is -0.480 e. The first-order valence-electron chi connectivity index (χ1n) is 6.49. The van der Waals surface area contributed by atoms with Crippen molar-refractivity contribution in [3.8, 4) is 0 Å². The van der Waals surface area contributed by atoms with Gasteiger partial charge in [-0.15, -0.1) is 0 Å². The van der Waals surface area contributed by atoms with Gasteiger partial charge in [-0.3, -0.25) is 4.79 Å². The molecule has 0 aliphatic carbocycles. The van der Waals surface area contributed by atoms with Gasteiger partial charge in [-0.2, -0.15) is 0 Å². The summed E-state index contributed by atoms with van der Waals surface area (Å²) >= 11 is 0. The average molecular weight is 283 g/mol. The number of likely N-dealkylation sites (tertiary alicyclic amines) is 1. The summed E-state index contributed by atoms with van der Waals surface area (Å²) in [6.07, 6.45) is 2.58. The Hall–Kier alpha value is -1.98. The highest BCUT2D eigenvalue weighted by molar-refractivity contribution is 5.96. The second kappa shape index (κ2) is 5.98. The summed E-state index contributed by atoms with van der Waals surface area (Å²) in [7, 11) is 0. The molecule has 108 valence electrons. The SMILES string of the molecule is O=C(O)C1CCCCCN1C(=O)c1ccc(F)cc1F. The fraction of sp³-hybridized carbons (Fsp3) is 0.429. The lowest BCUT2D eigenvalue weighted by Crippen LogP contribution is -2.44. The second-order valence-electron chi connectivity index (χ2n) is 4.83. The van der Waals surface area contributed by atoms with Gasteiger partial charge < -0.3 is 10.0 Å². The highest BCUT2D eigenvalue weighted by Gasteiger charge is 2.32. The van der Waals surface area contributed by atoms with Crippen molar-refractivity contribution in [1.82, 2.24) is 4.90 Å². The van der Waals surface area contributed by atoms with Crippen LogP contribution in [0.4, 0.5) is 8.78 Å². The van der Waals surface area contributed by atoms with Crippen LogP contribution in [0.2, 0.25) is 0 Å². The molecule has 0 radical (unpaired) electrons. The van der Waals surface area contributed by atoms with E-state index >= 15 is 0 Å². The van der Waals surface area contributed by atoms with E-state index in [1.165, 1.54) is 4.90 Å². The molecule has 1 fully saturated rings. The third-order valence-electron chi connectivity index (χ3n) is 3.46. The second-order valence-corrected chi connectivity index (χ2v) is 4.83. The van der Waals surface area contributed by atoms with Crippen molar-refractivity contribution >= 4 is 11.9 Å². The fourth-order valence-electron chi connectivity index (χ4n) is 2.43. The molecule has 0 aromatic heterocycles. The molecule has 1 heterocycles. The van der Waals surface area contributed by atoms with Crippen LogP contribution in [0.15, 0.2) is 18.2 Å². The lowest BCUT2D eigenvalue weighted by molar-refractivity contribution is -0.142. The Morgan fingerprint density at radius 2 is 1.95 bits per heavy atom. The van der Waals surface area contributed by atoms with Crippen LogP contribution in [-0.2, 0) is 4.79 Å². The highest BCUT2D eigenvalue weighted by Crippen LogP contribution is 2.21. The average Bonchev–Trinajstić information content (AvgIpc) is 2.63. The van der Waals surface area contributed by atoms with E-state index in [1.54, 1.807) is 0 Å². The quantitative estimate of drug-likeness (QED) is 0.907. The zero-order valence-electron chi connectivity index (χ0n) is 10.8. The van der Waals surface area contributed by atoms with Crippen molar-refractivity contribution in [1.29, 1.82) is 0 Å². The predicted molar refractivity (Wildman–Crippen MR) is 67.3 cm³/mol. The van der Waals surface area contributed by atoms with E-state index in [1.807, 2.05) is 0 Å². The molecule has 20 heavy (non-hydrogen) atoms. The van der Waals surface area contributed by atoms with Gasteiger partial charge in [-0.05, 0) is 25.0 Å². The van der Waals surface area contributed by atoms with E-state index < -0.39 is 29.6 Å². The molecular weight excluding hydrogens is 268 g/mol. The molecule has 6 heteroatoms. The lowest BCUT2D eigenvalue weighted by atomic mass is 10.1. The first-order chi connectivity index (χ1) is 9.50. The monoisotopic (exact) mass is 283 g/mol. The number of halogens is 2. The molecule has 4 nitrogen and oxygen atoms in total. The van der Waals surface area contributed by atoms with E-state index in [9.17, 15) is 23.5 Å². The number of hydrogen-bond donors (Lipinski definition) is 1. The van der Waals surface area contributed by atoms with Crippen molar-refractivity contribution in [3.05, 3.63) is 35.4 Å². The van der Waals surface area contributed by atoms with Gasteiger partial charge in [0, 0.05) is 12.6 Å². The van der Waals surface area contributed by atoms with Crippen LogP contribution in [0.25, 0.3) is 0 Å². The first kappa shape index (κ1) is 14.4. The molecule has 1 amide bonds. The Bertz CT molecular complexity index is 533. The minimum absolute atomic E-state index is 0.270. The van der Waals surface area contributed by atoms with Gasteiger partial charge in [0.1, 0.15) is 17.7 Å². The maximum atomic E-state index is 13.7. The molecule has 1 aromatic carbocycles. The molecule has 1 atom stereocenters. The van der Waals surface area contributed by atoms with Crippen LogP contribution in [0.5, 0.6) is 0 Å². The van der Waals surface area contributed by atoms with E-state index in [0.29, 0.717) is 25.3 Å². The molecule has 2 rings (SSSR count). The number of amides is 1. The molecule has 0 spiro atoms. The van der Waals surface area contributed by atoms with Gasteiger partial charge in [-0.25, -0.2) is 13.6 Å². The Morgan fingerprint density at radius 1 is 1.20 bits per heavy atom. The van der Waals surface area contributed by atoms with E-state index in [-0.39, 0.29) is 12.1 Å². The number of hydrogen-bond acceptors (Lipinski definition) is 2. The van der Waals surface area contributed by atoms with Gasteiger partial charge in [0.2, 0.25) is 0 Å². The zero-order valence-corrected chi connectivity index (χ0v) is 10.8. The van der Waals surface area contributed by atoms with Crippen LogP contribution in [-0.4, -0.2) is 34.5 Å². The van der Waals surface area contributed by atoms with Crippen LogP contribution >= 0.6 is 0 Å². The smallest absolute Gasteiger partial charge is 0.326 e. The summed E-state index contributed by atoms with van der Waals surface area (Å²) in [6.45, 7) is 0.270. The van der Waals surface area contributed by atoms with Crippen LogP contribution in [0.1, 0.15) is 36.0 Å². The summed E-state index contributed by atoms with van der Waals surface area (Å²) in [5, 5.41) is 9.20. The molecule has 0 saturated carbocycles. The fourth-order valence-corrected chi connectivity index (χ4v) is 2.43. The zero-order chi connectivity index (χ0) is 14.7. The predicted octanol–water partition coefficient (Wildman–Crippen LogP) is 2.43. The maximum absolute atomic E-state index is 13.7. The van der Waals surface area contributed by atoms with Crippen molar-refractivity contribution in [3.63, 3.8) is 0 Å². The normalized spacial score (nSPS) is 19.5. The maximum Gasteiger partial charge on any atom is 0.326 e. The van der Waals surface area contributed by atoms with Gasteiger partial charge in [0.05, 0.1) is 5.56 Å². The van der Waals surface area contributed by atoms with Crippen molar-refractivity contribution in [2.24, 2.45) is 0 Å². The summed E-state index contributed by atoms with van der Waals surface area (Å²) in [4.78, 5) is 24.7. The number of rotatable bonds is 2. The highest BCUT2D eigenvalue weighted by atomic mass is 19.1. The Kier molecular flexibility index (Phi) is 4.32. The van der Waals surface area contributed by atoms with E-state index in [0.717, 1.165) is 18.6 Å². The third kappa shape index (κ3) is 2.95. The third-order valence-corrected chi connectivity index (χ3v) is 3.46. The standard InChI is InChI=1S/C14H15F2NO3/c15-9-5-6-10(11(16)8-9)13(18)17-7-3-1-2-4-12(17)14(19)20/h5-6,8,12H,1-4,7H2,(H,19,20). The molecule has 0 bridgehead atoms. The Labute approximate surface area is 115 Å². The van der Waals surface area contributed by atoms with Gasteiger partial charge >= 0.3 is 5.97 Å². The molecular formula is C14H15F2NO3. The van der Waals surface area contributed by atoms with Crippen molar-refractivity contribution in [2.45, 2.75) is 31.7 Å². The number of carboxylic acid groups (broad SMARTS) is 1. The number of carbonyl (C=O) groups excluding carboxylic acids is 1. The molecule has 1 aliphatic heterocycles. The topological polar surface area (TPSA) is 57.6 Å². The number of aliphatic carboxylic acids is 1. The molecule has 1 aliphatic rings. The van der Waals surface area contributed by atoms with Gasteiger partial charge in [-0.1, -0.05) is 12.8 Å². The minimum atomic E-state index is -1.09. The van der Waals surface area contributed by atoms with Gasteiger partial charge in [0.25, 0.3) is 5.91 Å². The lowest BCUT2D eigenvalue weighted by Gasteiger charge is -2.27. The summed E-state index contributed by atoms with van der Waals surface area (Å²) in [5.74, 6) is -3.53. The summed E-state index contributed by atoms with van der Waals surface area (Å²) in [6, 6.07) is 1.72. The van der Waals surface area contributed by atoms with Crippen molar-refractivity contribution in [2.75, 3.05) is 6.54 Å². The molecule has 1 N–H and O–H groups in total. The number of carbonyl (C=O) groups is 2. The van der Waals surface area contributed by atoms with Crippen LogP contribution < -0.4 is 0 Å². The Balaban J connectivity index is 2.31. The van der Waals surface area contributed by atoms with E-state index in [2.05, 4.69) is 0 Å². The number of benzene rings is 1. The molecule has 1 aromatic rings. The largest absolute Gasteiger partial charge is 0.480 e. The van der Waals surface area contributed by atoms with E-state index in [4.69, 9.17) is 0 Å². The van der Waals surface area contributed by atoms with Crippen LogP contribution in [0, 0.1) is 11.6 Å². The van der Waals surface area contributed by atoms with Crippen LogP contribution in [0.3, 0.4) is 0 Å². The summed E-state index contributed by atoms with van der Waals surface area (Å²) in [5.41, 5.74) is -0.292.